The second-order valence-electron chi connectivity index (χ2n) is 17.5. The molecule has 0 bridgehead atoms. The van der Waals surface area contributed by atoms with Gasteiger partial charge in [-0.25, -0.2) is 0 Å². The summed E-state index contributed by atoms with van der Waals surface area (Å²) in [6, 6.07) is 0. The van der Waals surface area contributed by atoms with Gasteiger partial charge in [0.2, 0.25) is 11.8 Å². The second kappa shape index (κ2) is 10.7. The summed E-state index contributed by atoms with van der Waals surface area (Å²) in [6.07, 6.45) is 8.37. The molecule has 7 nitrogen and oxygen atoms in total. The number of hydrogen-bond acceptors (Lipinski definition) is 5. The predicted octanol–water partition coefficient (Wildman–Crippen LogP) is 6.59. The Morgan fingerprint density at radius 2 is 1.42 bits per heavy atom. The van der Waals surface area contributed by atoms with Gasteiger partial charge in [-0.3, -0.25) is 19.2 Å². The first-order valence-corrected chi connectivity index (χ1v) is 17.9. The molecule has 4 saturated carbocycles. The van der Waals surface area contributed by atoms with E-state index in [1.54, 1.807) is 6.92 Å². The molecular formula is C38H58N2O5. The zero-order valence-electron chi connectivity index (χ0n) is 29.5. The van der Waals surface area contributed by atoms with Gasteiger partial charge in [-0.2, -0.15) is 0 Å². The van der Waals surface area contributed by atoms with Gasteiger partial charge in [0.15, 0.2) is 5.78 Å². The lowest BCUT2D eigenvalue weighted by Gasteiger charge is -2.72. The highest BCUT2D eigenvalue weighted by molar-refractivity contribution is 6.07. The number of ether oxygens (including phenoxy) is 1. The van der Waals surface area contributed by atoms with Crippen LogP contribution in [0.2, 0.25) is 0 Å². The number of esters is 1. The summed E-state index contributed by atoms with van der Waals surface area (Å²) in [7, 11) is 0. The van der Waals surface area contributed by atoms with Gasteiger partial charge in [0.05, 0.1) is 5.41 Å². The summed E-state index contributed by atoms with van der Waals surface area (Å²) in [5, 5.41) is 0. The topological polar surface area (TPSA) is 84.0 Å². The van der Waals surface area contributed by atoms with Crippen LogP contribution in [-0.2, 0) is 23.9 Å². The highest BCUT2D eigenvalue weighted by atomic mass is 16.5. The molecule has 7 heteroatoms. The third kappa shape index (κ3) is 4.47. The molecule has 0 unspecified atom stereocenters. The van der Waals surface area contributed by atoms with Gasteiger partial charge in [-0.1, -0.05) is 48.5 Å². The normalized spacial score (nSPS) is 42.5. The maximum absolute atomic E-state index is 14.7. The van der Waals surface area contributed by atoms with E-state index in [4.69, 9.17) is 4.74 Å². The van der Waals surface area contributed by atoms with Crippen molar-refractivity contribution in [1.29, 1.82) is 0 Å². The number of hydrogen-bond donors (Lipinski definition) is 0. The largest absolute Gasteiger partial charge is 0.462 e. The Hall–Kier alpha value is -2.18. The number of rotatable bonds is 3. The maximum Gasteiger partial charge on any atom is 0.302 e. The van der Waals surface area contributed by atoms with E-state index in [-0.39, 0.29) is 63.2 Å². The molecule has 0 aromatic carbocycles. The molecule has 0 spiro atoms. The van der Waals surface area contributed by atoms with E-state index in [9.17, 15) is 19.2 Å². The average molecular weight is 623 g/mol. The van der Waals surface area contributed by atoms with Gasteiger partial charge in [-0.05, 0) is 102 Å². The Morgan fingerprint density at radius 3 is 2.02 bits per heavy atom. The van der Waals surface area contributed by atoms with Crippen molar-refractivity contribution in [3.05, 3.63) is 11.1 Å². The highest BCUT2D eigenvalue weighted by Gasteiger charge is 2.71. The Bertz CT molecular complexity index is 1320. The van der Waals surface area contributed by atoms with Crippen LogP contribution in [-0.4, -0.2) is 65.6 Å². The van der Waals surface area contributed by atoms with Crippen molar-refractivity contribution in [1.82, 2.24) is 9.80 Å². The molecule has 0 radical (unpaired) electrons. The van der Waals surface area contributed by atoms with Crippen LogP contribution in [0.4, 0.5) is 0 Å². The molecule has 1 saturated heterocycles. The number of nitrogens with zero attached hydrogens (tertiary/aromatic N) is 2. The quantitative estimate of drug-likeness (QED) is 0.332. The number of ketones is 1. The first-order chi connectivity index (χ1) is 20.9. The fraction of sp³-hybridized carbons (Fsp3) is 0.842. The molecule has 45 heavy (non-hydrogen) atoms. The Labute approximate surface area is 271 Å². The lowest BCUT2D eigenvalue weighted by atomic mass is 9.33. The van der Waals surface area contributed by atoms with Crippen LogP contribution in [0.5, 0.6) is 0 Å². The standard InChI is InChI=1S/C38H58N2O5/c1-23(2)31-27(43)22-38(33(44)40-20-18-39(19-21-40)24(3)41)17-16-36(8)26(32(31)38)10-11-29-35(7)14-13-30(45-25(4)42)34(5,6)28(35)12-15-37(29,36)9/h23,26,28-30H,10-22H2,1-9H3/t26-,28+,29-,30+,35+,36-,37-,38-/m1/s1. The molecule has 2 amide bonds. The van der Waals surface area contributed by atoms with Gasteiger partial charge in [0.25, 0.3) is 0 Å². The van der Waals surface area contributed by atoms with E-state index >= 15 is 0 Å². The van der Waals surface area contributed by atoms with Gasteiger partial charge in [-0.15, -0.1) is 0 Å². The molecule has 0 N–H and O–H groups in total. The fourth-order valence-electron chi connectivity index (χ4n) is 12.8. The van der Waals surface area contributed by atoms with Crippen LogP contribution >= 0.6 is 0 Å². The predicted molar refractivity (Wildman–Crippen MR) is 174 cm³/mol. The molecular weight excluding hydrogens is 564 g/mol. The minimum Gasteiger partial charge on any atom is -0.462 e. The Balaban J connectivity index is 1.36. The minimum atomic E-state index is -0.729. The summed E-state index contributed by atoms with van der Waals surface area (Å²) >= 11 is 0. The zero-order chi connectivity index (χ0) is 32.9. The number of piperazine rings is 1. The highest BCUT2D eigenvalue weighted by Crippen LogP contribution is 2.76. The smallest absolute Gasteiger partial charge is 0.302 e. The number of carbonyl (C=O) groups is 4. The maximum atomic E-state index is 14.7. The summed E-state index contributed by atoms with van der Waals surface area (Å²) in [5.41, 5.74) is 1.60. The molecule has 6 aliphatic rings. The monoisotopic (exact) mass is 622 g/mol. The summed E-state index contributed by atoms with van der Waals surface area (Å²) in [4.78, 5) is 56.5. The number of fused-ring (bicyclic) bond motifs is 7. The summed E-state index contributed by atoms with van der Waals surface area (Å²) in [6.45, 7) is 21.9. The van der Waals surface area contributed by atoms with E-state index in [0.29, 0.717) is 44.4 Å². The van der Waals surface area contributed by atoms with E-state index in [0.717, 1.165) is 56.9 Å². The number of carbonyl (C=O) groups excluding carboxylic acids is 4. The van der Waals surface area contributed by atoms with Crippen molar-refractivity contribution >= 4 is 23.6 Å². The zero-order valence-corrected chi connectivity index (χ0v) is 29.5. The molecule has 1 heterocycles. The molecule has 0 aromatic heterocycles. The minimum absolute atomic E-state index is 0.00201. The molecule has 0 aromatic rings. The van der Waals surface area contributed by atoms with Crippen molar-refractivity contribution < 1.29 is 23.9 Å². The first-order valence-electron chi connectivity index (χ1n) is 17.9. The SMILES string of the molecule is CC(=O)O[C@H]1CC[C@]2(C)[C@H]3CC[C@@H]4C5=C(C(C)C)C(=O)C[C@]5(C(=O)N5CCN(C(C)=O)CC5)CC[C@@]4(C)[C@]3(C)CC[C@H]2C1(C)C. The number of allylic oxidation sites excluding steroid dienone is 1. The van der Waals surface area contributed by atoms with E-state index in [1.165, 1.54) is 12.5 Å². The molecule has 250 valence electrons. The third-order valence-electron chi connectivity index (χ3n) is 15.1. The molecule has 5 fully saturated rings. The van der Waals surface area contributed by atoms with Crippen molar-refractivity contribution in [3.63, 3.8) is 0 Å². The van der Waals surface area contributed by atoms with Crippen LogP contribution < -0.4 is 0 Å². The Kier molecular flexibility index (Phi) is 7.76. The van der Waals surface area contributed by atoms with Crippen LogP contribution in [0, 0.1) is 50.7 Å². The van der Waals surface area contributed by atoms with E-state index in [2.05, 4.69) is 48.5 Å². The molecule has 1 aliphatic heterocycles. The van der Waals surface area contributed by atoms with Crippen molar-refractivity contribution in [2.24, 2.45) is 50.7 Å². The number of amides is 2. The van der Waals surface area contributed by atoms with Crippen LogP contribution in [0.3, 0.4) is 0 Å². The Morgan fingerprint density at radius 1 is 0.778 bits per heavy atom. The van der Waals surface area contributed by atoms with Crippen molar-refractivity contribution in [2.75, 3.05) is 26.2 Å². The molecule has 5 aliphatic carbocycles. The average Bonchev–Trinajstić information content (AvgIpc) is 3.27. The lowest BCUT2D eigenvalue weighted by molar-refractivity contribution is -0.232. The fourth-order valence-corrected chi connectivity index (χ4v) is 12.8. The van der Waals surface area contributed by atoms with Gasteiger partial charge >= 0.3 is 5.97 Å². The number of Topliss-reactive ketones (excluding diaryl/α,β-unsaturated/α-hetero) is 1. The molecule has 8 atom stereocenters. The van der Waals surface area contributed by atoms with Crippen LogP contribution in [0.1, 0.15) is 120 Å². The summed E-state index contributed by atoms with van der Waals surface area (Å²) < 4.78 is 5.93. The van der Waals surface area contributed by atoms with E-state index < -0.39 is 5.41 Å². The van der Waals surface area contributed by atoms with Gasteiger partial charge in [0.1, 0.15) is 6.10 Å². The lowest BCUT2D eigenvalue weighted by Crippen LogP contribution is -2.66. The summed E-state index contributed by atoms with van der Waals surface area (Å²) in [5.74, 6) is 1.56. The first kappa shape index (κ1) is 32.7. The van der Waals surface area contributed by atoms with Crippen LogP contribution in [0.15, 0.2) is 11.1 Å². The third-order valence-corrected chi connectivity index (χ3v) is 15.1. The van der Waals surface area contributed by atoms with Gasteiger partial charge in [0, 0.05) is 51.9 Å². The van der Waals surface area contributed by atoms with E-state index in [1.807, 2.05) is 9.80 Å². The molecule has 6 rings (SSSR count). The van der Waals surface area contributed by atoms with Crippen molar-refractivity contribution in [2.45, 2.75) is 126 Å². The second-order valence-corrected chi connectivity index (χ2v) is 17.5. The van der Waals surface area contributed by atoms with Gasteiger partial charge < -0.3 is 14.5 Å². The van der Waals surface area contributed by atoms with Crippen molar-refractivity contribution in [3.8, 4) is 0 Å². The van der Waals surface area contributed by atoms with Crippen LogP contribution in [0.25, 0.3) is 0 Å².